The molecule has 0 aliphatic rings. The van der Waals surface area contributed by atoms with Crippen LogP contribution in [0.4, 0.5) is 10.2 Å². The summed E-state index contributed by atoms with van der Waals surface area (Å²) in [5.74, 6) is 0.604. The van der Waals surface area contributed by atoms with Crippen molar-refractivity contribution >= 4 is 5.82 Å². The Bertz CT molecular complexity index is 278. The summed E-state index contributed by atoms with van der Waals surface area (Å²) >= 11 is 0. The van der Waals surface area contributed by atoms with Crippen molar-refractivity contribution in [3.8, 4) is 0 Å². The van der Waals surface area contributed by atoms with Gasteiger partial charge in [0, 0.05) is 25.9 Å². The van der Waals surface area contributed by atoms with Crippen molar-refractivity contribution in [2.24, 2.45) is 0 Å². The van der Waals surface area contributed by atoms with Gasteiger partial charge < -0.3 is 10.0 Å². The van der Waals surface area contributed by atoms with E-state index in [1.807, 2.05) is 0 Å². The summed E-state index contributed by atoms with van der Waals surface area (Å²) in [6.45, 7) is -0.785. The van der Waals surface area contributed by atoms with Gasteiger partial charge in [0.2, 0.25) is 0 Å². The molecule has 72 valence electrons. The van der Waals surface area contributed by atoms with E-state index in [1.54, 1.807) is 37.3 Å². The molecule has 4 heteroatoms. The molecule has 1 heterocycles. The van der Waals surface area contributed by atoms with Crippen LogP contribution in [0.5, 0.6) is 0 Å². The SMILES string of the molecule is CN(C)c1ncccc1C(O)CF. The van der Waals surface area contributed by atoms with Crippen molar-refractivity contribution in [2.75, 3.05) is 25.7 Å². The molecule has 0 amide bonds. The number of hydrogen-bond donors (Lipinski definition) is 1. The highest BCUT2D eigenvalue weighted by molar-refractivity contribution is 5.46. The lowest BCUT2D eigenvalue weighted by Gasteiger charge is -2.17. The van der Waals surface area contributed by atoms with E-state index in [9.17, 15) is 9.50 Å². The number of anilines is 1. The highest BCUT2D eigenvalue weighted by Crippen LogP contribution is 2.22. The minimum atomic E-state index is -1.08. The van der Waals surface area contributed by atoms with Crippen LogP contribution < -0.4 is 4.90 Å². The van der Waals surface area contributed by atoms with Crippen LogP contribution in [0.2, 0.25) is 0 Å². The van der Waals surface area contributed by atoms with Crippen molar-refractivity contribution in [3.63, 3.8) is 0 Å². The molecule has 0 saturated carbocycles. The van der Waals surface area contributed by atoms with E-state index in [2.05, 4.69) is 4.98 Å². The molecule has 0 aromatic carbocycles. The summed E-state index contributed by atoms with van der Waals surface area (Å²) in [6.07, 6.45) is 0.537. The maximum absolute atomic E-state index is 12.2. The number of hydrogen-bond acceptors (Lipinski definition) is 3. The Morgan fingerprint density at radius 2 is 2.31 bits per heavy atom. The molecule has 1 N–H and O–H groups in total. The molecular formula is C9H13FN2O. The molecule has 0 aliphatic heterocycles. The average Bonchev–Trinajstić information content (AvgIpc) is 2.16. The molecule has 3 nitrogen and oxygen atoms in total. The molecule has 0 saturated heterocycles. The Balaban J connectivity index is 3.04. The third-order valence-electron chi connectivity index (χ3n) is 1.75. The van der Waals surface area contributed by atoms with E-state index >= 15 is 0 Å². The summed E-state index contributed by atoms with van der Waals surface area (Å²) in [4.78, 5) is 5.79. The van der Waals surface area contributed by atoms with Crippen molar-refractivity contribution in [3.05, 3.63) is 23.9 Å². The van der Waals surface area contributed by atoms with Crippen LogP contribution in [0, 0.1) is 0 Å². The van der Waals surface area contributed by atoms with Gasteiger partial charge in [0.05, 0.1) is 0 Å². The number of aliphatic hydroxyl groups excluding tert-OH is 1. The van der Waals surface area contributed by atoms with Gasteiger partial charge >= 0.3 is 0 Å². The first-order valence-corrected chi connectivity index (χ1v) is 4.03. The number of pyridine rings is 1. The molecule has 1 atom stereocenters. The molecule has 0 radical (unpaired) electrons. The number of halogens is 1. The maximum atomic E-state index is 12.2. The second kappa shape index (κ2) is 4.18. The molecular weight excluding hydrogens is 171 g/mol. The number of nitrogens with zero attached hydrogens (tertiary/aromatic N) is 2. The molecule has 1 rings (SSSR count). The van der Waals surface area contributed by atoms with Gasteiger partial charge in [-0.25, -0.2) is 9.37 Å². The van der Waals surface area contributed by atoms with Crippen LogP contribution in [-0.4, -0.2) is 30.9 Å². The highest BCUT2D eigenvalue weighted by Gasteiger charge is 2.13. The molecule has 1 unspecified atom stereocenters. The zero-order valence-corrected chi connectivity index (χ0v) is 7.74. The van der Waals surface area contributed by atoms with Crippen LogP contribution in [-0.2, 0) is 0 Å². The largest absolute Gasteiger partial charge is 0.386 e. The van der Waals surface area contributed by atoms with Crippen LogP contribution in [0.15, 0.2) is 18.3 Å². The second-order valence-electron chi connectivity index (χ2n) is 2.98. The third-order valence-corrected chi connectivity index (χ3v) is 1.75. The van der Waals surface area contributed by atoms with Crippen molar-refractivity contribution in [1.29, 1.82) is 0 Å². The van der Waals surface area contributed by atoms with Gasteiger partial charge in [0.25, 0.3) is 0 Å². The standard InChI is InChI=1S/C9H13FN2O/c1-12(2)9-7(8(13)6-10)4-3-5-11-9/h3-5,8,13H,6H2,1-2H3. The van der Waals surface area contributed by atoms with E-state index in [0.29, 0.717) is 11.4 Å². The Hall–Kier alpha value is -1.16. The fraction of sp³-hybridized carbons (Fsp3) is 0.444. The van der Waals surface area contributed by atoms with E-state index < -0.39 is 12.8 Å². The molecule has 13 heavy (non-hydrogen) atoms. The Labute approximate surface area is 76.8 Å². The Morgan fingerprint density at radius 3 is 2.85 bits per heavy atom. The minimum Gasteiger partial charge on any atom is -0.386 e. The molecule has 0 spiro atoms. The number of alkyl halides is 1. The Kier molecular flexibility index (Phi) is 3.19. The van der Waals surface area contributed by atoms with Gasteiger partial charge in [-0.1, -0.05) is 6.07 Å². The maximum Gasteiger partial charge on any atom is 0.133 e. The van der Waals surface area contributed by atoms with Crippen LogP contribution in [0.3, 0.4) is 0 Å². The zero-order valence-electron chi connectivity index (χ0n) is 7.74. The minimum absolute atomic E-state index is 0.523. The molecule has 1 aromatic rings. The first-order chi connectivity index (χ1) is 6.16. The average molecular weight is 184 g/mol. The van der Waals surface area contributed by atoms with Gasteiger partial charge in [-0.2, -0.15) is 0 Å². The predicted octanol–water partition coefficient (Wildman–Crippen LogP) is 1.15. The number of aromatic nitrogens is 1. The molecule has 0 aliphatic carbocycles. The van der Waals surface area contributed by atoms with E-state index in [0.717, 1.165) is 0 Å². The first-order valence-electron chi connectivity index (χ1n) is 4.03. The predicted molar refractivity (Wildman–Crippen MR) is 49.5 cm³/mol. The van der Waals surface area contributed by atoms with Crippen molar-refractivity contribution in [1.82, 2.24) is 4.98 Å². The lowest BCUT2D eigenvalue weighted by molar-refractivity contribution is 0.142. The molecule has 0 bridgehead atoms. The zero-order chi connectivity index (χ0) is 9.84. The van der Waals surface area contributed by atoms with Gasteiger partial charge in [-0.05, 0) is 6.07 Å². The fourth-order valence-corrected chi connectivity index (χ4v) is 1.13. The van der Waals surface area contributed by atoms with Crippen LogP contribution in [0.25, 0.3) is 0 Å². The summed E-state index contributed by atoms with van der Waals surface area (Å²) in [7, 11) is 3.60. The number of rotatable bonds is 3. The lowest BCUT2D eigenvalue weighted by atomic mass is 10.1. The van der Waals surface area contributed by atoms with Crippen molar-refractivity contribution < 1.29 is 9.50 Å². The highest BCUT2D eigenvalue weighted by atomic mass is 19.1. The first kappa shape index (κ1) is 9.92. The van der Waals surface area contributed by atoms with Crippen LogP contribution >= 0.6 is 0 Å². The molecule has 1 aromatic heterocycles. The van der Waals surface area contributed by atoms with E-state index in [1.165, 1.54) is 0 Å². The quantitative estimate of drug-likeness (QED) is 0.765. The summed E-state index contributed by atoms with van der Waals surface area (Å²) in [5, 5.41) is 9.32. The van der Waals surface area contributed by atoms with Crippen molar-refractivity contribution in [2.45, 2.75) is 6.10 Å². The normalized spacial score (nSPS) is 12.6. The lowest BCUT2D eigenvalue weighted by Crippen LogP contribution is -2.15. The number of aliphatic hydroxyl groups is 1. The monoisotopic (exact) mass is 184 g/mol. The summed E-state index contributed by atoms with van der Waals surface area (Å²) in [6, 6.07) is 3.35. The second-order valence-corrected chi connectivity index (χ2v) is 2.98. The van der Waals surface area contributed by atoms with Gasteiger partial charge in [0.1, 0.15) is 18.6 Å². The third kappa shape index (κ3) is 2.15. The van der Waals surface area contributed by atoms with E-state index in [-0.39, 0.29) is 0 Å². The summed E-state index contributed by atoms with van der Waals surface area (Å²) < 4.78 is 12.2. The van der Waals surface area contributed by atoms with E-state index in [4.69, 9.17) is 0 Å². The topological polar surface area (TPSA) is 36.4 Å². The van der Waals surface area contributed by atoms with Gasteiger partial charge in [0.15, 0.2) is 0 Å². The summed E-state index contributed by atoms with van der Waals surface area (Å²) in [5.41, 5.74) is 0.523. The molecule has 0 fully saturated rings. The van der Waals surface area contributed by atoms with Gasteiger partial charge in [-0.15, -0.1) is 0 Å². The van der Waals surface area contributed by atoms with Crippen LogP contribution in [0.1, 0.15) is 11.7 Å². The van der Waals surface area contributed by atoms with Gasteiger partial charge in [-0.3, -0.25) is 0 Å². The smallest absolute Gasteiger partial charge is 0.133 e. The fourth-order valence-electron chi connectivity index (χ4n) is 1.13. The Morgan fingerprint density at radius 1 is 1.62 bits per heavy atom.